The number of unbranched alkanes of at least 4 members (excludes halogenated alkanes) is 1. The number of rotatable bonds is 10. The molecule has 1 aliphatic rings. The summed E-state index contributed by atoms with van der Waals surface area (Å²) in [6, 6.07) is 13.4. The minimum absolute atomic E-state index is 0.0469. The summed E-state index contributed by atoms with van der Waals surface area (Å²) in [5.41, 5.74) is 1.62. The number of likely N-dealkylation sites (tertiary alicyclic amines) is 1. The van der Waals surface area contributed by atoms with Gasteiger partial charge in [-0.3, -0.25) is 9.59 Å². The molecule has 34 heavy (non-hydrogen) atoms. The smallest absolute Gasteiger partial charge is 0.387 e. The van der Waals surface area contributed by atoms with Crippen LogP contribution >= 0.6 is 0 Å². The molecule has 0 aliphatic carbocycles. The summed E-state index contributed by atoms with van der Waals surface area (Å²) in [4.78, 5) is 30.0. The van der Waals surface area contributed by atoms with Crippen molar-refractivity contribution in [2.24, 2.45) is 5.92 Å². The van der Waals surface area contributed by atoms with E-state index >= 15 is 0 Å². The first-order valence-corrected chi connectivity index (χ1v) is 11.6. The van der Waals surface area contributed by atoms with E-state index in [-0.39, 0.29) is 17.6 Å². The van der Waals surface area contributed by atoms with Crippen LogP contribution in [0.25, 0.3) is 0 Å². The molecular weight excluding hydrogens is 442 g/mol. The van der Waals surface area contributed by atoms with E-state index in [0.29, 0.717) is 31.7 Å². The zero-order valence-corrected chi connectivity index (χ0v) is 19.9. The zero-order chi connectivity index (χ0) is 24.7. The van der Waals surface area contributed by atoms with Crippen molar-refractivity contribution in [2.75, 3.05) is 20.7 Å². The SMILES string of the molecule is CCCCN1C(=O)CCC(C(=O)N(C)Cc2ccc(OC(F)F)cc2)C1c1ccccc1OC. The van der Waals surface area contributed by atoms with E-state index in [4.69, 9.17) is 4.74 Å². The van der Waals surface area contributed by atoms with Crippen molar-refractivity contribution in [1.29, 1.82) is 0 Å². The fourth-order valence-electron chi connectivity index (χ4n) is 4.51. The lowest BCUT2D eigenvalue weighted by molar-refractivity contribution is -0.147. The summed E-state index contributed by atoms with van der Waals surface area (Å²) in [7, 11) is 3.31. The maximum atomic E-state index is 13.6. The molecule has 1 saturated heterocycles. The predicted molar refractivity (Wildman–Crippen MR) is 125 cm³/mol. The maximum absolute atomic E-state index is 13.6. The molecule has 0 saturated carbocycles. The van der Waals surface area contributed by atoms with Gasteiger partial charge in [-0.15, -0.1) is 0 Å². The Kier molecular flexibility index (Phi) is 8.85. The van der Waals surface area contributed by atoms with E-state index in [1.54, 1.807) is 31.2 Å². The second-order valence-corrected chi connectivity index (χ2v) is 8.49. The molecule has 2 aromatic carbocycles. The summed E-state index contributed by atoms with van der Waals surface area (Å²) in [6.07, 6.45) is 2.56. The highest BCUT2D eigenvalue weighted by Crippen LogP contribution is 2.41. The van der Waals surface area contributed by atoms with Gasteiger partial charge in [0.15, 0.2) is 0 Å². The topological polar surface area (TPSA) is 59.1 Å². The Bertz CT molecular complexity index is 968. The minimum Gasteiger partial charge on any atom is -0.496 e. The Labute approximate surface area is 199 Å². The van der Waals surface area contributed by atoms with Crippen LogP contribution in [-0.2, 0) is 16.1 Å². The number of hydrogen-bond acceptors (Lipinski definition) is 4. The fraction of sp³-hybridized carbons (Fsp3) is 0.462. The fourth-order valence-corrected chi connectivity index (χ4v) is 4.51. The number of halogens is 2. The highest BCUT2D eigenvalue weighted by atomic mass is 19.3. The molecule has 1 heterocycles. The highest BCUT2D eigenvalue weighted by molar-refractivity contribution is 5.85. The first kappa shape index (κ1) is 25.5. The largest absolute Gasteiger partial charge is 0.496 e. The lowest BCUT2D eigenvalue weighted by Crippen LogP contribution is -2.48. The summed E-state index contributed by atoms with van der Waals surface area (Å²) >= 11 is 0. The van der Waals surface area contributed by atoms with Gasteiger partial charge >= 0.3 is 6.61 Å². The van der Waals surface area contributed by atoms with Gasteiger partial charge in [-0.05, 0) is 36.6 Å². The number of amides is 2. The van der Waals surface area contributed by atoms with Gasteiger partial charge in [0.1, 0.15) is 11.5 Å². The van der Waals surface area contributed by atoms with Crippen LogP contribution in [0.15, 0.2) is 48.5 Å². The van der Waals surface area contributed by atoms with Gasteiger partial charge < -0.3 is 19.3 Å². The Morgan fingerprint density at radius 3 is 2.53 bits per heavy atom. The van der Waals surface area contributed by atoms with Crippen LogP contribution in [-0.4, -0.2) is 48.9 Å². The van der Waals surface area contributed by atoms with Crippen LogP contribution in [0.3, 0.4) is 0 Å². The molecule has 3 rings (SSSR count). The number of para-hydroxylation sites is 1. The normalized spacial score (nSPS) is 18.2. The Hall–Kier alpha value is -3.16. The molecule has 0 aromatic heterocycles. The molecule has 8 heteroatoms. The molecule has 6 nitrogen and oxygen atoms in total. The van der Waals surface area contributed by atoms with Crippen molar-refractivity contribution >= 4 is 11.8 Å². The van der Waals surface area contributed by atoms with E-state index in [2.05, 4.69) is 11.7 Å². The Balaban J connectivity index is 1.85. The Morgan fingerprint density at radius 2 is 1.88 bits per heavy atom. The van der Waals surface area contributed by atoms with Crippen molar-refractivity contribution in [3.05, 3.63) is 59.7 Å². The number of piperidine rings is 1. The quantitative estimate of drug-likeness (QED) is 0.484. The molecular formula is C26H32F2N2O4. The summed E-state index contributed by atoms with van der Waals surface area (Å²) in [5, 5.41) is 0. The van der Waals surface area contributed by atoms with Gasteiger partial charge in [-0.1, -0.05) is 43.7 Å². The average molecular weight is 475 g/mol. The third-order valence-corrected chi connectivity index (χ3v) is 6.18. The summed E-state index contributed by atoms with van der Waals surface area (Å²) < 4.78 is 34.8. The highest BCUT2D eigenvalue weighted by Gasteiger charge is 2.42. The van der Waals surface area contributed by atoms with E-state index in [1.165, 1.54) is 12.1 Å². The number of ether oxygens (including phenoxy) is 2. The second kappa shape index (κ2) is 11.8. The van der Waals surface area contributed by atoms with Crippen LogP contribution in [0.5, 0.6) is 11.5 Å². The third-order valence-electron chi connectivity index (χ3n) is 6.18. The number of nitrogens with zero attached hydrogens (tertiary/aromatic N) is 2. The standard InChI is InChI=1S/C26H32F2N2O4/c1-4-5-16-30-23(31)15-14-21(24(30)20-8-6-7-9-22(20)33-3)25(32)29(2)17-18-10-12-19(13-11-18)34-26(27)28/h6-13,21,24,26H,4-5,14-17H2,1-3H3. The Morgan fingerprint density at radius 1 is 1.18 bits per heavy atom. The molecule has 0 spiro atoms. The molecule has 0 N–H and O–H groups in total. The van der Waals surface area contributed by atoms with Gasteiger partial charge in [0.2, 0.25) is 11.8 Å². The maximum Gasteiger partial charge on any atom is 0.387 e. The molecule has 1 aliphatic heterocycles. The number of carbonyl (C=O) groups excluding carboxylic acids is 2. The van der Waals surface area contributed by atoms with E-state index < -0.39 is 18.6 Å². The zero-order valence-electron chi connectivity index (χ0n) is 19.9. The number of hydrogen-bond donors (Lipinski definition) is 0. The van der Waals surface area contributed by atoms with Crippen LogP contribution in [0.1, 0.15) is 49.8 Å². The van der Waals surface area contributed by atoms with E-state index in [9.17, 15) is 18.4 Å². The number of methoxy groups -OCH3 is 1. The first-order chi connectivity index (χ1) is 16.3. The van der Waals surface area contributed by atoms with Gasteiger partial charge in [0.05, 0.1) is 19.1 Å². The van der Waals surface area contributed by atoms with Gasteiger partial charge in [0, 0.05) is 32.1 Å². The molecule has 2 aromatic rings. The van der Waals surface area contributed by atoms with Crippen LogP contribution < -0.4 is 9.47 Å². The number of benzene rings is 2. The minimum atomic E-state index is -2.88. The van der Waals surface area contributed by atoms with Crippen molar-refractivity contribution < 1.29 is 27.8 Å². The van der Waals surface area contributed by atoms with E-state index in [1.807, 2.05) is 29.2 Å². The second-order valence-electron chi connectivity index (χ2n) is 8.49. The first-order valence-electron chi connectivity index (χ1n) is 11.6. The molecule has 184 valence electrons. The molecule has 2 amide bonds. The monoisotopic (exact) mass is 474 g/mol. The molecule has 0 bridgehead atoms. The van der Waals surface area contributed by atoms with E-state index in [0.717, 1.165) is 24.0 Å². The van der Waals surface area contributed by atoms with Crippen LogP contribution in [0.4, 0.5) is 8.78 Å². The van der Waals surface area contributed by atoms with Crippen LogP contribution in [0, 0.1) is 5.92 Å². The lowest BCUT2D eigenvalue weighted by atomic mass is 9.82. The van der Waals surface area contributed by atoms with Gasteiger partial charge in [-0.2, -0.15) is 8.78 Å². The van der Waals surface area contributed by atoms with Gasteiger partial charge in [-0.25, -0.2) is 0 Å². The van der Waals surface area contributed by atoms with Crippen molar-refractivity contribution in [3.63, 3.8) is 0 Å². The summed E-state index contributed by atoms with van der Waals surface area (Å²) in [5.74, 6) is 0.279. The van der Waals surface area contributed by atoms with Crippen molar-refractivity contribution in [1.82, 2.24) is 9.80 Å². The summed E-state index contributed by atoms with van der Waals surface area (Å²) in [6.45, 7) is 0.0792. The lowest BCUT2D eigenvalue weighted by Gasteiger charge is -2.42. The van der Waals surface area contributed by atoms with Crippen molar-refractivity contribution in [3.8, 4) is 11.5 Å². The van der Waals surface area contributed by atoms with Crippen LogP contribution in [0.2, 0.25) is 0 Å². The predicted octanol–water partition coefficient (Wildman–Crippen LogP) is 5.04. The number of alkyl halides is 2. The third kappa shape index (κ3) is 6.04. The number of carbonyl (C=O) groups is 2. The molecule has 2 atom stereocenters. The van der Waals surface area contributed by atoms with Crippen molar-refractivity contribution in [2.45, 2.75) is 51.8 Å². The average Bonchev–Trinajstić information content (AvgIpc) is 2.83. The molecule has 2 unspecified atom stereocenters. The molecule has 1 fully saturated rings. The van der Waals surface area contributed by atoms with Gasteiger partial charge in [0.25, 0.3) is 0 Å². The molecule has 0 radical (unpaired) electrons.